The van der Waals surface area contributed by atoms with Gasteiger partial charge < -0.3 is 9.94 Å². The van der Waals surface area contributed by atoms with Crippen LogP contribution in [0.1, 0.15) is 32.6 Å². The molecule has 1 fully saturated rings. The molecular weight excluding hydrogens is 490 g/mol. The molecule has 0 spiro atoms. The van der Waals surface area contributed by atoms with Gasteiger partial charge in [0.15, 0.2) is 4.34 Å². The van der Waals surface area contributed by atoms with E-state index in [0.717, 1.165) is 21.0 Å². The number of hydrogen-bond donors (Lipinski definition) is 1. The van der Waals surface area contributed by atoms with Gasteiger partial charge in [-0.15, -0.1) is 5.10 Å². The van der Waals surface area contributed by atoms with Crippen LogP contribution in [0.2, 0.25) is 0 Å². The first-order valence-electron chi connectivity index (χ1n) is 9.88. The number of carbonyl (C=O) groups is 1. The van der Waals surface area contributed by atoms with E-state index in [4.69, 9.17) is 4.74 Å². The molecule has 164 valence electrons. The van der Waals surface area contributed by atoms with Crippen LogP contribution in [0.3, 0.4) is 0 Å². The number of nitrogens with zero attached hydrogens (tertiary/aromatic N) is 4. The van der Waals surface area contributed by atoms with Crippen LogP contribution in [0.5, 0.6) is 0 Å². The number of hydroxylamine groups is 2. The lowest BCUT2D eigenvalue weighted by molar-refractivity contribution is 0.0553. The van der Waals surface area contributed by atoms with Crippen LogP contribution in [-0.2, 0) is 4.74 Å². The van der Waals surface area contributed by atoms with Gasteiger partial charge in [-0.2, -0.15) is 0 Å². The van der Waals surface area contributed by atoms with Gasteiger partial charge in [-0.05, 0) is 49.1 Å². The summed E-state index contributed by atoms with van der Waals surface area (Å²) in [5.41, 5.74) is 0.594. The minimum atomic E-state index is -0.902. The summed E-state index contributed by atoms with van der Waals surface area (Å²) in [7, 11) is 1.82. The highest BCUT2D eigenvalue weighted by Crippen LogP contribution is 2.37. The van der Waals surface area contributed by atoms with Crippen LogP contribution in [-0.4, -0.2) is 53.4 Å². The second-order valence-corrected chi connectivity index (χ2v) is 10.4. The Hall–Kier alpha value is -1.24. The Kier molecular flexibility index (Phi) is 8.49. The van der Waals surface area contributed by atoms with Gasteiger partial charge in [0, 0.05) is 15.9 Å². The molecule has 2 atom stereocenters. The highest BCUT2D eigenvalue weighted by Gasteiger charge is 2.45. The molecule has 0 aliphatic carbocycles. The minimum Gasteiger partial charge on any atom is -0.622 e. The van der Waals surface area contributed by atoms with Crippen molar-refractivity contribution in [2.45, 2.75) is 43.2 Å². The molecule has 0 bridgehead atoms. The molecule has 1 aliphatic heterocycles. The standard InChI is InChI=1S/C19H26BrN5O3S2/c1-3-4-5-6-11-29-19-23-22-17(30-19)25(27)13-24(2)12-16(25)28-18(26)21-15-9-7-14(20)8-10-15/h7-10,16H,3-6,11-13H2,1-2H3,(H,21,26). The maximum atomic E-state index is 13.6. The second-order valence-electron chi connectivity index (χ2n) is 7.23. The van der Waals surface area contributed by atoms with Crippen LogP contribution in [0.15, 0.2) is 33.1 Å². The predicted molar refractivity (Wildman–Crippen MR) is 125 cm³/mol. The Labute approximate surface area is 193 Å². The number of amides is 1. The molecule has 0 radical (unpaired) electrons. The molecule has 2 heterocycles. The van der Waals surface area contributed by atoms with Gasteiger partial charge in [0.25, 0.3) is 6.23 Å². The van der Waals surface area contributed by atoms with Crippen molar-refractivity contribution in [3.05, 3.63) is 33.9 Å². The van der Waals surface area contributed by atoms with Gasteiger partial charge in [-0.1, -0.05) is 59.0 Å². The Balaban J connectivity index is 1.61. The van der Waals surface area contributed by atoms with Gasteiger partial charge >= 0.3 is 11.2 Å². The first-order chi connectivity index (χ1) is 14.4. The van der Waals surface area contributed by atoms with E-state index in [1.807, 2.05) is 24.1 Å². The van der Waals surface area contributed by atoms with Gasteiger partial charge in [-0.25, -0.2) is 9.69 Å². The summed E-state index contributed by atoms with van der Waals surface area (Å²) in [4.78, 5) is 14.2. The van der Waals surface area contributed by atoms with Crippen molar-refractivity contribution in [3.8, 4) is 0 Å². The smallest absolute Gasteiger partial charge is 0.416 e. The van der Waals surface area contributed by atoms with Crippen LogP contribution in [0.25, 0.3) is 0 Å². The molecule has 1 N–H and O–H groups in total. The number of aromatic nitrogens is 2. The quantitative estimate of drug-likeness (QED) is 0.211. The third-order valence-corrected chi connectivity index (χ3v) is 7.44. The highest BCUT2D eigenvalue weighted by molar-refractivity contribution is 9.10. The average Bonchev–Trinajstić information content (AvgIpc) is 3.29. The fraction of sp³-hybridized carbons (Fsp3) is 0.526. The molecule has 1 amide bonds. The van der Waals surface area contributed by atoms with Gasteiger partial charge in [0.05, 0.1) is 6.54 Å². The van der Waals surface area contributed by atoms with E-state index < -0.39 is 17.0 Å². The Morgan fingerprint density at radius 3 is 2.87 bits per heavy atom. The number of carbonyl (C=O) groups excluding carboxylic acids is 1. The molecular formula is C19H26BrN5O3S2. The summed E-state index contributed by atoms with van der Waals surface area (Å²) < 4.78 is 6.36. The average molecular weight is 516 g/mol. The number of hydrogen-bond acceptors (Lipinski definition) is 8. The molecule has 1 aliphatic rings. The molecule has 2 unspecified atom stereocenters. The lowest BCUT2D eigenvalue weighted by Crippen LogP contribution is -2.51. The summed E-state index contributed by atoms with van der Waals surface area (Å²) in [5, 5.41) is 24.9. The molecule has 8 nitrogen and oxygen atoms in total. The molecule has 1 aromatic carbocycles. The van der Waals surface area contributed by atoms with Crippen LogP contribution < -0.4 is 9.96 Å². The highest BCUT2D eigenvalue weighted by atomic mass is 79.9. The van der Waals surface area contributed by atoms with Crippen molar-refractivity contribution >= 4 is 55.9 Å². The zero-order chi connectivity index (χ0) is 21.6. The number of nitrogens with one attached hydrogen (secondary N) is 1. The Morgan fingerprint density at radius 2 is 2.13 bits per heavy atom. The SMILES string of the molecule is CCCCCCSc1nnc([N+]2([O-])CN(C)CC2OC(=O)Nc2ccc(Br)cc2)s1. The van der Waals surface area contributed by atoms with Gasteiger partial charge in [-0.3, -0.25) is 9.96 Å². The minimum absolute atomic E-state index is 0.159. The number of ether oxygens (including phenoxy) is 1. The van der Waals surface area contributed by atoms with E-state index in [1.54, 1.807) is 23.9 Å². The normalized spacial score (nSPS) is 21.7. The first kappa shape index (κ1) is 23.4. The molecule has 3 rings (SSSR count). The molecule has 1 saturated heterocycles. The maximum absolute atomic E-state index is 13.6. The van der Waals surface area contributed by atoms with Crippen molar-refractivity contribution in [1.82, 2.24) is 19.7 Å². The summed E-state index contributed by atoms with van der Waals surface area (Å²) >= 11 is 6.27. The van der Waals surface area contributed by atoms with E-state index >= 15 is 0 Å². The molecule has 11 heteroatoms. The third-order valence-electron chi connectivity index (χ3n) is 4.66. The van der Waals surface area contributed by atoms with E-state index in [9.17, 15) is 10.0 Å². The number of halogens is 1. The van der Waals surface area contributed by atoms with E-state index in [0.29, 0.717) is 17.4 Å². The topological polar surface area (TPSA) is 90.4 Å². The van der Waals surface area contributed by atoms with Crippen LogP contribution in [0.4, 0.5) is 15.6 Å². The van der Waals surface area contributed by atoms with Crippen LogP contribution >= 0.6 is 39.0 Å². The zero-order valence-corrected chi connectivity index (χ0v) is 20.3. The third kappa shape index (κ3) is 6.14. The van der Waals surface area contributed by atoms with Crippen LogP contribution in [0, 0.1) is 5.21 Å². The fourth-order valence-electron chi connectivity index (χ4n) is 3.12. The summed E-state index contributed by atoms with van der Waals surface area (Å²) in [6, 6.07) is 7.13. The number of quaternary nitrogens is 1. The summed E-state index contributed by atoms with van der Waals surface area (Å²) in [5.74, 6) is 0.961. The van der Waals surface area contributed by atoms with Crippen molar-refractivity contribution in [2.24, 2.45) is 0 Å². The predicted octanol–water partition coefficient (Wildman–Crippen LogP) is 5.26. The van der Waals surface area contributed by atoms with Crippen molar-refractivity contribution in [1.29, 1.82) is 0 Å². The second kappa shape index (κ2) is 10.9. The number of rotatable bonds is 9. The van der Waals surface area contributed by atoms with E-state index in [1.165, 1.54) is 30.6 Å². The summed E-state index contributed by atoms with van der Waals surface area (Å²) in [6.45, 7) is 2.68. The molecule has 0 saturated carbocycles. The van der Waals surface area contributed by atoms with Crippen molar-refractivity contribution in [2.75, 3.05) is 31.3 Å². The number of anilines is 1. The molecule has 2 aromatic rings. The molecule has 1 aromatic heterocycles. The van der Waals surface area contributed by atoms with Gasteiger partial charge in [0.2, 0.25) is 0 Å². The number of thioether (sulfide) groups is 1. The van der Waals surface area contributed by atoms with Crippen molar-refractivity contribution < 1.29 is 9.53 Å². The number of likely N-dealkylation sites (N-methyl/N-ethyl adjacent to an activating group) is 1. The Bertz CT molecular complexity index is 838. The van der Waals surface area contributed by atoms with E-state index in [-0.39, 0.29) is 6.67 Å². The Morgan fingerprint density at radius 1 is 1.37 bits per heavy atom. The lowest BCUT2D eigenvalue weighted by Gasteiger charge is -2.38. The molecule has 30 heavy (non-hydrogen) atoms. The first-order valence-corrected chi connectivity index (χ1v) is 12.5. The zero-order valence-electron chi connectivity index (χ0n) is 17.0. The monoisotopic (exact) mass is 515 g/mol. The number of unbranched alkanes of at least 4 members (excludes halogenated alkanes) is 3. The lowest BCUT2D eigenvalue weighted by atomic mass is 10.2. The van der Waals surface area contributed by atoms with Gasteiger partial charge in [0.1, 0.15) is 6.67 Å². The number of benzene rings is 1. The van der Waals surface area contributed by atoms with Crippen molar-refractivity contribution in [3.63, 3.8) is 0 Å². The summed E-state index contributed by atoms with van der Waals surface area (Å²) in [6.07, 6.45) is 3.19. The largest absolute Gasteiger partial charge is 0.622 e. The fourth-order valence-corrected chi connectivity index (χ4v) is 5.36. The van der Waals surface area contributed by atoms with E-state index in [2.05, 4.69) is 38.4 Å². The maximum Gasteiger partial charge on any atom is 0.416 e.